The first-order chi connectivity index (χ1) is 14.6. The van der Waals surface area contributed by atoms with E-state index in [0.717, 1.165) is 11.3 Å². The van der Waals surface area contributed by atoms with Crippen molar-refractivity contribution in [1.82, 2.24) is 14.8 Å². The van der Waals surface area contributed by atoms with Crippen LogP contribution in [-0.2, 0) is 4.74 Å². The molecule has 158 valence electrons. The molecule has 1 N–H and O–H groups in total. The van der Waals surface area contributed by atoms with Crippen molar-refractivity contribution in [2.45, 2.75) is 19.4 Å². The fourth-order valence-electron chi connectivity index (χ4n) is 3.68. The number of hydrogen-bond donors (Lipinski definition) is 1. The molecule has 3 heterocycles. The number of aryl methyl sites for hydroxylation is 1. The van der Waals surface area contributed by atoms with E-state index in [0.29, 0.717) is 57.3 Å². The molecule has 1 atom stereocenters. The summed E-state index contributed by atoms with van der Waals surface area (Å²) in [6, 6.07) is 11.0. The fraction of sp³-hybridized carbons (Fsp3) is 0.409. The highest BCUT2D eigenvalue weighted by Gasteiger charge is 2.30. The number of anilines is 1. The van der Waals surface area contributed by atoms with E-state index in [1.165, 1.54) is 0 Å². The molecule has 2 aliphatic rings. The van der Waals surface area contributed by atoms with Crippen LogP contribution in [-0.4, -0.2) is 72.2 Å². The third-order valence-corrected chi connectivity index (χ3v) is 5.28. The predicted octanol–water partition coefficient (Wildman–Crippen LogP) is 2.55. The summed E-state index contributed by atoms with van der Waals surface area (Å²) in [7, 11) is 0. The second-order valence-electron chi connectivity index (χ2n) is 7.53. The van der Waals surface area contributed by atoms with Gasteiger partial charge in [-0.2, -0.15) is 0 Å². The first-order valence-electron chi connectivity index (χ1n) is 10.2. The van der Waals surface area contributed by atoms with Crippen molar-refractivity contribution in [2.75, 3.05) is 44.7 Å². The number of urea groups is 1. The first kappa shape index (κ1) is 20.2. The molecule has 2 fully saturated rings. The Morgan fingerprint density at radius 3 is 2.77 bits per heavy atom. The van der Waals surface area contributed by atoms with Crippen LogP contribution in [0.4, 0.5) is 10.5 Å². The van der Waals surface area contributed by atoms with Crippen molar-refractivity contribution in [2.24, 2.45) is 0 Å². The lowest BCUT2D eigenvalue weighted by atomic mass is 10.2. The topological polar surface area (TPSA) is 84.0 Å². The van der Waals surface area contributed by atoms with Crippen molar-refractivity contribution in [3.05, 3.63) is 53.7 Å². The predicted molar refractivity (Wildman–Crippen MR) is 112 cm³/mol. The van der Waals surface area contributed by atoms with Crippen LogP contribution in [0.5, 0.6) is 5.88 Å². The first-order valence-corrected chi connectivity index (χ1v) is 10.2. The molecule has 8 nitrogen and oxygen atoms in total. The number of rotatable bonds is 4. The Balaban J connectivity index is 1.37. The van der Waals surface area contributed by atoms with Crippen LogP contribution >= 0.6 is 0 Å². The SMILES string of the molecule is Cc1cccc(NC(=O)N2CCC(Oc3ncccc3C(=O)N3CCOCC3)C2)c1. The van der Waals surface area contributed by atoms with Crippen molar-refractivity contribution in [3.63, 3.8) is 0 Å². The Kier molecular flexibility index (Phi) is 6.13. The highest BCUT2D eigenvalue weighted by atomic mass is 16.5. The van der Waals surface area contributed by atoms with Crippen molar-refractivity contribution >= 4 is 17.6 Å². The Hall–Kier alpha value is -3.13. The Morgan fingerprint density at radius 2 is 1.97 bits per heavy atom. The number of likely N-dealkylation sites (tertiary alicyclic amines) is 1. The molecule has 2 saturated heterocycles. The van der Waals surface area contributed by atoms with Gasteiger partial charge in [-0.05, 0) is 36.8 Å². The second-order valence-corrected chi connectivity index (χ2v) is 7.53. The average molecular weight is 410 g/mol. The molecule has 0 bridgehead atoms. The number of nitrogens with one attached hydrogen (secondary N) is 1. The maximum atomic E-state index is 12.9. The van der Waals surface area contributed by atoms with Crippen LogP contribution in [0.3, 0.4) is 0 Å². The number of hydrogen-bond acceptors (Lipinski definition) is 5. The van der Waals surface area contributed by atoms with Crippen molar-refractivity contribution < 1.29 is 19.1 Å². The second kappa shape index (κ2) is 9.13. The molecule has 1 aromatic carbocycles. The molecule has 1 aromatic heterocycles. The number of carbonyl (C=O) groups is 2. The Bertz CT molecular complexity index is 914. The number of morpholine rings is 1. The van der Waals surface area contributed by atoms with Gasteiger partial charge in [-0.3, -0.25) is 4.79 Å². The Morgan fingerprint density at radius 1 is 1.13 bits per heavy atom. The lowest BCUT2D eigenvalue weighted by Gasteiger charge is -2.27. The molecule has 3 amide bonds. The zero-order valence-corrected chi connectivity index (χ0v) is 17.0. The summed E-state index contributed by atoms with van der Waals surface area (Å²) in [5, 5.41) is 2.92. The van der Waals surface area contributed by atoms with Gasteiger partial charge in [0.05, 0.1) is 19.8 Å². The van der Waals surface area contributed by atoms with Crippen LogP contribution in [0, 0.1) is 6.92 Å². The van der Waals surface area contributed by atoms with Gasteiger partial charge < -0.3 is 24.6 Å². The average Bonchev–Trinajstić information content (AvgIpc) is 3.23. The minimum absolute atomic E-state index is 0.103. The summed E-state index contributed by atoms with van der Waals surface area (Å²) >= 11 is 0. The normalized spacial score (nSPS) is 18.9. The molecule has 1 unspecified atom stereocenters. The molecular formula is C22H26N4O4. The van der Waals surface area contributed by atoms with E-state index in [4.69, 9.17) is 9.47 Å². The van der Waals surface area contributed by atoms with Gasteiger partial charge in [-0.25, -0.2) is 9.78 Å². The quantitative estimate of drug-likeness (QED) is 0.838. The zero-order chi connectivity index (χ0) is 20.9. The van der Waals surface area contributed by atoms with E-state index >= 15 is 0 Å². The van der Waals surface area contributed by atoms with Crippen molar-refractivity contribution in [1.29, 1.82) is 0 Å². The molecule has 0 radical (unpaired) electrons. The number of aromatic nitrogens is 1. The number of carbonyl (C=O) groups excluding carboxylic acids is 2. The van der Waals surface area contributed by atoms with Gasteiger partial charge in [0, 0.05) is 37.9 Å². The highest BCUT2D eigenvalue weighted by molar-refractivity contribution is 5.96. The highest BCUT2D eigenvalue weighted by Crippen LogP contribution is 2.23. The van der Waals surface area contributed by atoms with E-state index in [9.17, 15) is 9.59 Å². The Labute approximate surface area is 175 Å². The van der Waals surface area contributed by atoms with Gasteiger partial charge in [0.1, 0.15) is 11.7 Å². The van der Waals surface area contributed by atoms with Gasteiger partial charge >= 0.3 is 6.03 Å². The summed E-state index contributed by atoms with van der Waals surface area (Å²) in [4.78, 5) is 33.2. The van der Waals surface area contributed by atoms with E-state index < -0.39 is 0 Å². The third-order valence-electron chi connectivity index (χ3n) is 5.28. The van der Waals surface area contributed by atoms with Gasteiger partial charge in [-0.1, -0.05) is 12.1 Å². The number of benzene rings is 1. The third kappa shape index (κ3) is 4.71. The van der Waals surface area contributed by atoms with Crippen LogP contribution in [0.15, 0.2) is 42.6 Å². The van der Waals surface area contributed by atoms with Gasteiger partial charge in [0.2, 0.25) is 5.88 Å². The zero-order valence-electron chi connectivity index (χ0n) is 17.0. The van der Waals surface area contributed by atoms with Crippen LogP contribution in [0.25, 0.3) is 0 Å². The van der Waals surface area contributed by atoms with E-state index in [-0.39, 0.29) is 18.0 Å². The van der Waals surface area contributed by atoms with Crippen LogP contribution in [0.1, 0.15) is 22.3 Å². The fourth-order valence-corrected chi connectivity index (χ4v) is 3.68. The van der Waals surface area contributed by atoms with Crippen LogP contribution in [0.2, 0.25) is 0 Å². The molecular weight excluding hydrogens is 384 g/mol. The molecule has 2 aliphatic heterocycles. The summed E-state index contributed by atoms with van der Waals surface area (Å²) in [5.41, 5.74) is 2.30. The molecule has 2 aromatic rings. The van der Waals surface area contributed by atoms with E-state index in [1.807, 2.05) is 31.2 Å². The maximum absolute atomic E-state index is 12.9. The van der Waals surface area contributed by atoms with E-state index in [2.05, 4.69) is 10.3 Å². The largest absolute Gasteiger partial charge is 0.472 e. The van der Waals surface area contributed by atoms with Gasteiger partial charge in [0.15, 0.2) is 0 Å². The molecule has 30 heavy (non-hydrogen) atoms. The van der Waals surface area contributed by atoms with Crippen molar-refractivity contribution in [3.8, 4) is 5.88 Å². The summed E-state index contributed by atoms with van der Waals surface area (Å²) in [6.07, 6.45) is 2.09. The number of pyridine rings is 1. The lowest BCUT2D eigenvalue weighted by molar-refractivity contribution is 0.0298. The van der Waals surface area contributed by atoms with Crippen LogP contribution < -0.4 is 10.1 Å². The molecule has 0 aliphatic carbocycles. The summed E-state index contributed by atoms with van der Waals surface area (Å²) < 4.78 is 11.4. The smallest absolute Gasteiger partial charge is 0.321 e. The lowest BCUT2D eigenvalue weighted by Crippen LogP contribution is -2.41. The van der Waals surface area contributed by atoms with Gasteiger partial charge in [0.25, 0.3) is 5.91 Å². The maximum Gasteiger partial charge on any atom is 0.321 e. The molecule has 8 heteroatoms. The minimum Gasteiger partial charge on any atom is -0.472 e. The monoisotopic (exact) mass is 410 g/mol. The minimum atomic E-state index is -0.209. The number of nitrogens with zero attached hydrogens (tertiary/aromatic N) is 3. The van der Waals surface area contributed by atoms with E-state index in [1.54, 1.807) is 28.1 Å². The summed E-state index contributed by atoms with van der Waals surface area (Å²) in [5.74, 6) is 0.216. The standard InChI is InChI=1S/C22H26N4O4/c1-16-4-2-5-17(14-16)24-22(28)26-9-7-18(15-26)30-20-19(6-3-8-23-20)21(27)25-10-12-29-13-11-25/h2-6,8,14,18H,7,9-13,15H2,1H3,(H,24,28). The molecule has 4 rings (SSSR count). The molecule has 0 spiro atoms. The number of ether oxygens (including phenoxy) is 2. The van der Waals surface area contributed by atoms with Gasteiger partial charge in [-0.15, -0.1) is 0 Å². The number of amides is 3. The summed E-state index contributed by atoms with van der Waals surface area (Å²) in [6.45, 7) is 5.21. The molecule has 0 saturated carbocycles.